The highest BCUT2D eigenvalue weighted by atomic mass is 35.5. The third-order valence-corrected chi connectivity index (χ3v) is 6.41. The molecule has 0 radical (unpaired) electrons. The molecule has 1 saturated heterocycles. The number of hydrogen-bond acceptors (Lipinski definition) is 4. The van der Waals surface area contributed by atoms with Gasteiger partial charge in [0.2, 0.25) is 0 Å². The highest BCUT2D eigenvalue weighted by molar-refractivity contribution is 6.31. The molecule has 0 aromatic heterocycles. The number of piperidine rings is 1. The SMILES string of the molecule is CC(C)(C)c1ccc(C(=O)C=CN2CCC3(CC2)CC(c2cccc(Cl)c2)=NO3)cc1. The first-order valence-corrected chi connectivity index (χ1v) is 11.2. The molecule has 0 N–H and O–H groups in total. The average molecular weight is 437 g/mol. The molecule has 0 atom stereocenters. The van der Waals surface area contributed by atoms with Gasteiger partial charge in [-0.1, -0.05) is 73.9 Å². The van der Waals surface area contributed by atoms with Gasteiger partial charge in [-0.2, -0.15) is 0 Å². The zero-order valence-corrected chi connectivity index (χ0v) is 19.2. The van der Waals surface area contributed by atoms with Crippen LogP contribution in [0.5, 0.6) is 0 Å². The van der Waals surface area contributed by atoms with Crippen LogP contribution in [0.4, 0.5) is 0 Å². The van der Waals surface area contributed by atoms with Crippen LogP contribution in [0.15, 0.2) is 66.0 Å². The molecule has 4 nitrogen and oxygen atoms in total. The Morgan fingerprint density at radius 3 is 2.48 bits per heavy atom. The van der Waals surface area contributed by atoms with Gasteiger partial charge in [0, 0.05) is 60.8 Å². The molecule has 0 aliphatic carbocycles. The molecule has 2 aromatic carbocycles. The van der Waals surface area contributed by atoms with Gasteiger partial charge in [0.25, 0.3) is 0 Å². The summed E-state index contributed by atoms with van der Waals surface area (Å²) in [4.78, 5) is 20.6. The Hall–Kier alpha value is -2.59. The Bertz CT molecular complexity index is 1010. The first kappa shape index (κ1) is 21.6. The third-order valence-electron chi connectivity index (χ3n) is 6.18. The van der Waals surface area contributed by atoms with Crippen molar-refractivity contribution in [2.75, 3.05) is 13.1 Å². The zero-order valence-electron chi connectivity index (χ0n) is 18.4. The van der Waals surface area contributed by atoms with Crippen molar-refractivity contribution in [1.29, 1.82) is 0 Å². The Morgan fingerprint density at radius 2 is 1.84 bits per heavy atom. The normalized spacial score (nSPS) is 18.3. The third kappa shape index (κ3) is 5.01. The van der Waals surface area contributed by atoms with E-state index in [4.69, 9.17) is 16.4 Å². The van der Waals surface area contributed by atoms with Crippen LogP contribution in [0.25, 0.3) is 0 Å². The van der Waals surface area contributed by atoms with Crippen molar-refractivity contribution in [3.63, 3.8) is 0 Å². The Labute approximate surface area is 189 Å². The van der Waals surface area contributed by atoms with Gasteiger partial charge in [0.05, 0.1) is 5.71 Å². The molecule has 5 heteroatoms. The lowest BCUT2D eigenvalue weighted by atomic mass is 9.85. The standard InChI is InChI=1S/C26H29ClN2O2/c1-25(2,3)21-9-7-19(8-10-21)24(30)11-14-29-15-12-26(13-16-29)18-23(28-31-26)20-5-4-6-22(27)17-20/h4-11,14,17H,12-13,15-16,18H2,1-3H3. The van der Waals surface area contributed by atoms with Crippen molar-refractivity contribution in [2.45, 2.75) is 51.0 Å². The molecular weight excluding hydrogens is 408 g/mol. The van der Waals surface area contributed by atoms with Crippen LogP contribution in [0.1, 0.15) is 61.5 Å². The fraction of sp³-hybridized carbons (Fsp3) is 0.385. The molecule has 2 aliphatic heterocycles. The van der Waals surface area contributed by atoms with E-state index in [1.165, 1.54) is 5.56 Å². The lowest BCUT2D eigenvalue weighted by Crippen LogP contribution is -2.42. The molecule has 162 valence electrons. The lowest BCUT2D eigenvalue weighted by molar-refractivity contribution is -0.0550. The summed E-state index contributed by atoms with van der Waals surface area (Å²) in [6.45, 7) is 8.19. The van der Waals surface area contributed by atoms with Gasteiger partial charge in [0.1, 0.15) is 5.60 Å². The fourth-order valence-electron chi connectivity index (χ4n) is 4.10. The van der Waals surface area contributed by atoms with E-state index in [2.05, 4.69) is 30.8 Å². The smallest absolute Gasteiger partial charge is 0.187 e. The van der Waals surface area contributed by atoms with E-state index in [9.17, 15) is 4.79 Å². The highest BCUT2D eigenvalue weighted by Gasteiger charge is 2.41. The maximum atomic E-state index is 12.6. The van der Waals surface area contributed by atoms with Crippen LogP contribution in [-0.4, -0.2) is 35.1 Å². The molecule has 2 heterocycles. The average Bonchev–Trinajstić information content (AvgIpc) is 3.16. The fourth-order valence-corrected chi connectivity index (χ4v) is 4.29. The monoisotopic (exact) mass is 436 g/mol. The minimum atomic E-state index is -0.241. The van der Waals surface area contributed by atoms with Gasteiger partial charge in [0.15, 0.2) is 5.78 Å². The summed E-state index contributed by atoms with van der Waals surface area (Å²) in [5, 5.41) is 5.06. The minimum absolute atomic E-state index is 0.0319. The van der Waals surface area contributed by atoms with Crippen molar-refractivity contribution in [1.82, 2.24) is 4.90 Å². The molecule has 2 aromatic rings. The van der Waals surface area contributed by atoms with Gasteiger partial charge in [-0.25, -0.2) is 0 Å². The van der Waals surface area contributed by atoms with Crippen molar-refractivity contribution in [3.8, 4) is 0 Å². The number of hydrogen-bond donors (Lipinski definition) is 0. The van der Waals surface area contributed by atoms with Crippen LogP contribution in [0, 0.1) is 0 Å². The number of likely N-dealkylation sites (tertiary alicyclic amines) is 1. The van der Waals surface area contributed by atoms with Gasteiger partial charge in [-0.3, -0.25) is 4.79 Å². The van der Waals surface area contributed by atoms with Crippen molar-refractivity contribution in [3.05, 3.63) is 82.5 Å². The predicted octanol–water partition coefficient (Wildman–Crippen LogP) is 5.99. The topological polar surface area (TPSA) is 41.9 Å². The molecule has 2 aliphatic rings. The summed E-state index contributed by atoms with van der Waals surface area (Å²) in [6.07, 6.45) is 6.14. The first-order chi connectivity index (χ1) is 14.7. The second-order valence-corrected chi connectivity index (χ2v) is 9.98. The number of carbonyl (C=O) groups is 1. The molecule has 0 unspecified atom stereocenters. The molecule has 1 spiro atoms. The summed E-state index contributed by atoms with van der Waals surface area (Å²) >= 11 is 6.11. The molecule has 1 fully saturated rings. The van der Waals surface area contributed by atoms with Crippen LogP contribution in [0.2, 0.25) is 5.02 Å². The summed E-state index contributed by atoms with van der Waals surface area (Å²) in [5.74, 6) is 0.0319. The van der Waals surface area contributed by atoms with Crippen LogP contribution < -0.4 is 0 Å². The molecule has 31 heavy (non-hydrogen) atoms. The molecular formula is C26H29ClN2O2. The quantitative estimate of drug-likeness (QED) is 0.436. The maximum absolute atomic E-state index is 12.6. The second kappa shape index (κ2) is 8.51. The number of allylic oxidation sites excluding steroid dienone is 1. The van der Waals surface area contributed by atoms with E-state index < -0.39 is 0 Å². The number of benzene rings is 2. The molecule has 0 saturated carbocycles. The predicted molar refractivity (Wildman–Crippen MR) is 126 cm³/mol. The van der Waals surface area contributed by atoms with E-state index in [0.717, 1.165) is 49.2 Å². The van der Waals surface area contributed by atoms with Crippen LogP contribution in [0.3, 0.4) is 0 Å². The first-order valence-electron chi connectivity index (χ1n) is 10.8. The summed E-state index contributed by atoms with van der Waals surface area (Å²) in [7, 11) is 0. The Balaban J connectivity index is 1.31. The van der Waals surface area contributed by atoms with E-state index in [0.29, 0.717) is 5.02 Å². The highest BCUT2D eigenvalue weighted by Crippen LogP contribution is 2.36. The van der Waals surface area contributed by atoms with Crippen LogP contribution in [-0.2, 0) is 10.3 Å². The van der Waals surface area contributed by atoms with E-state index >= 15 is 0 Å². The largest absolute Gasteiger partial charge is 0.388 e. The minimum Gasteiger partial charge on any atom is -0.388 e. The number of oxime groups is 1. The summed E-state index contributed by atoms with van der Waals surface area (Å²) in [6, 6.07) is 15.7. The van der Waals surface area contributed by atoms with Gasteiger partial charge >= 0.3 is 0 Å². The Kier molecular flexibility index (Phi) is 5.94. The molecule has 0 bridgehead atoms. The number of ketones is 1. The van der Waals surface area contributed by atoms with Crippen molar-refractivity contribution >= 4 is 23.1 Å². The van der Waals surface area contributed by atoms with Gasteiger partial charge < -0.3 is 9.74 Å². The number of nitrogens with zero attached hydrogens (tertiary/aromatic N) is 2. The maximum Gasteiger partial charge on any atom is 0.187 e. The Morgan fingerprint density at radius 1 is 1.13 bits per heavy atom. The van der Waals surface area contributed by atoms with E-state index in [-0.39, 0.29) is 16.8 Å². The van der Waals surface area contributed by atoms with Crippen LogP contribution >= 0.6 is 11.6 Å². The lowest BCUT2D eigenvalue weighted by Gasteiger charge is -2.36. The van der Waals surface area contributed by atoms with E-state index in [1.807, 2.05) is 54.7 Å². The van der Waals surface area contributed by atoms with E-state index in [1.54, 1.807) is 6.08 Å². The van der Waals surface area contributed by atoms with Crippen molar-refractivity contribution in [2.24, 2.45) is 5.16 Å². The second-order valence-electron chi connectivity index (χ2n) is 9.54. The number of halogens is 1. The van der Waals surface area contributed by atoms with Gasteiger partial charge in [-0.15, -0.1) is 0 Å². The molecule has 0 amide bonds. The van der Waals surface area contributed by atoms with Crippen molar-refractivity contribution < 1.29 is 9.63 Å². The summed E-state index contributed by atoms with van der Waals surface area (Å²) in [5.41, 5.74) is 3.77. The zero-order chi connectivity index (χ0) is 22.1. The summed E-state index contributed by atoms with van der Waals surface area (Å²) < 4.78 is 0. The number of carbonyl (C=O) groups excluding carboxylic acids is 1. The number of rotatable bonds is 4. The molecule has 4 rings (SSSR count). The van der Waals surface area contributed by atoms with Gasteiger partial charge in [-0.05, 0) is 23.1 Å².